The van der Waals surface area contributed by atoms with Gasteiger partial charge in [0.05, 0.1) is 13.5 Å². The summed E-state index contributed by atoms with van der Waals surface area (Å²) < 4.78 is 5.65. The fourth-order valence-electron chi connectivity index (χ4n) is 5.45. The number of methoxy groups -OCH3 is 1. The van der Waals surface area contributed by atoms with Gasteiger partial charge in [0, 0.05) is 36.7 Å². The van der Waals surface area contributed by atoms with Crippen molar-refractivity contribution in [2.45, 2.75) is 50.7 Å². The minimum atomic E-state index is -0.761. The molecule has 4 rings (SSSR count). The van der Waals surface area contributed by atoms with E-state index in [9.17, 15) is 9.90 Å². The molecule has 184 valence electrons. The largest absolute Gasteiger partial charge is 0.496 e. The van der Waals surface area contributed by atoms with E-state index in [1.165, 1.54) is 16.7 Å². The average Bonchev–Trinajstić information content (AvgIpc) is 3.25. The van der Waals surface area contributed by atoms with Crippen molar-refractivity contribution >= 4 is 5.97 Å². The lowest BCUT2D eigenvalue weighted by Crippen LogP contribution is -2.47. The lowest BCUT2D eigenvalue weighted by molar-refractivity contribution is -0.138. The lowest BCUT2D eigenvalue weighted by Gasteiger charge is -2.32. The molecule has 3 aromatic carbocycles. The van der Waals surface area contributed by atoms with Crippen molar-refractivity contribution in [1.82, 2.24) is 10.6 Å². The molecule has 3 N–H and O–H groups in total. The molecule has 5 heteroatoms. The summed E-state index contributed by atoms with van der Waals surface area (Å²) >= 11 is 0. The second-order valence-corrected chi connectivity index (χ2v) is 9.39. The number of hydrogen-bond acceptors (Lipinski definition) is 4. The van der Waals surface area contributed by atoms with Crippen LogP contribution in [0.4, 0.5) is 0 Å². The molecule has 0 bridgehead atoms. The summed E-state index contributed by atoms with van der Waals surface area (Å²) in [4.78, 5) is 11.7. The van der Waals surface area contributed by atoms with Gasteiger partial charge < -0.3 is 20.5 Å². The number of benzene rings is 3. The Balaban J connectivity index is 1.66. The maximum atomic E-state index is 11.7. The molecule has 1 saturated heterocycles. The van der Waals surface area contributed by atoms with Crippen molar-refractivity contribution in [3.8, 4) is 5.75 Å². The normalized spacial score (nSPS) is 19.7. The number of aryl methyl sites for hydroxylation is 1. The number of carboxylic acid groups (broad SMARTS) is 1. The molecule has 5 nitrogen and oxygen atoms in total. The SMILES string of the molecule is CCCc1ccc(OC)c(CNC2C(CC(=O)O)CNC2C(c2ccccc2)c2ccccc2)c1. The molecule has 0 radical (unpaired) electrons. The molecular formula is C30H36N2O3. The fraction of sp³-hybridized carbons (Fsp3) is 0.367. The van der Waals surface area contributed by atoms with Crippen molar-refractivity contribution in [1.29, 1.82) is 0 Å². The molecule has 0 spiro atoms. The molecule has 0 amide bonds. The number of ether oxygens (including phenoxy) is 1. The zero-order chi connectivity index (χ0) is 24.6. The molecule has 3 aromatic rings. The van der Waals surface area contributed by atoms with Gasteiger partial charge in [0.15, 0.2) is 0 Å². The standard InChI is InChI=1S/C30H36N2O3/c1-3-10-21-15-16-26(35-2)24(17-21)19-31-29-25(18-27(33)34)20-32-30(29)28(22-11-6-4-7-12-22)23-13-8-5-9-14-23/h4-9,11-17,25,28-32H,3,10,18-20H2,1-2H3,(H,33,34). The van der Waals surface area contributed by atoms with Crippen molar-refractivity contribution in [3.63, 3.8) is 0 Å². The van der Waals surface area contributed by atoms with Crippen LogP contribution in [0.5, 0.6) is 5.75 Å². The Morgan fingerprint density at radius 1 is 1.06 bits per heavy atom. The highest BCUT2D eigenvalue weighted by molar-refractivity contribution is 5.67. The summed E-state index contributed by atoms with van der Waals surface area (Å²) in [6, 6.07) is 27.4. The van der Waals surface area contributed by atoms with Gasteiger partial charge in [-0.2, -0.15) is 0 Å². The molecule has 35 heavy (non-hydrogen) atoms. The highest BCUT2D eigenvalue weighted by Crippen LogP contribution is 2.35. The quantitative estimate of drug-likeness (QED) is 0.366. The second kappa shape index (κ2) is 12.0. The van der Waals surface area contributed by atoms with E-state index in [4.69, 9.17) is 4.74 Å². The highest BCUT2D eigenvalue weighted by Gasteiger charge is 2.41. The van der Waals surface area contributed by atoms with E-state index in [1.807, 2.05) is 18.2 Å². The van der Waals surface area contributed by atoms with E-state index in [-0.39, 0.29) is 30.3 Å². The monoisotopic (exact) mass is 472 g/mol. The van der Waals surface area contributed by atoms with Crippen molar-refractivity contribution in [3.05, 3.63) is 101 Å². The Morgan fingerprint density at radius 2 is 1.71 bits per heavy atom. The van der Waals surface area contributed by atoms with Gasteiger partial charge in [-0.1, -0.05) is 86.1 Å². The average molecular weight is 473 g/mol. The summed E-state index contributed by atoms with van der Waals surface area (Å²) in [6.07, 6.45) is 2.24. The molecule has 1 aliphatic rings. The van der Waals surface area contributed by atoms with Gasteiger partial charge in [-0.05, 0) is 35.1 Å². The first-order valence-electron chi connectivity index (χ1n) is 12.5. The molecule has 1 aliphatic heterocycles. The van der Waals surface area contributed by atoms with Crippen LogP contribution in [0, 0.1) is 5.92 Å². The van der Waals surface area contributed by atoms with Crippen molar-refractivity contribution in [2.24, 2.45) is 5.92 Å². The first-order valence-corrected chi connectivity index (χ1v) is 12.5. The Bertz CT molecular complexity index is 1050. The van der Waals surface area contributed by atoms with E-state index in [2.05, 4.69) is 78.2 Å². The molecule has 3 atom stereocenters. The summed E-state index contributed by atoms with van der Waals surface area (Å²) in [6.45, 7) is 3.47. The first kappa shape index (κ1) is 25.0. The second-order valence-electron chi connectivity index (χ2n) is 9.39. The van der Waals surface area contributed by atoms with Gasteiger partial charge in [-0.3, -0.25) is 4.79 Å². The topological polar surface area (TPSA) is 70.6 Å². The van der Waals surface area contributed by atoms with Gasteiger partial charge >= 0.3 is 5.97 Å². The smallest absolute Gasteiger partial charge is 0.303 e. The molecular weight excluding hydrogens is 436 g/mol. The van der Waals surface area contributed by atoms with E-state index >= 15 is 0 Å². The third kappa shape index (κ3) is 6.11. The number of nitrogens with one attached hydrogen (secondary N) is 2. The van der Waals surface area contributed by atoms with Crippen LogP contribution in [0.25, 0.3) is 0 Å². The fourth-order valence-corrected chi connectivity index (χ4v) is 5.45. The third-order valence-electron chi connectivity index (χ3n) is 7.04. The van der Waals surface area contributed by atoms with E-state index < -0.39 is 5.97 Å². The van der Waals surface area contributed by atoms with Gasteiger partial charge in [-0.25, -0.2) is 0 Å². The number of carbonyl (C=O) groups is 1. The molecule has 0 aliphatic carbocycles. The number of carboxylic acids is 1. The lowest BCUT2D eigenvalue weighted by atomic mass is 9.80. The maximum Gasteiger partial charge on any atom is 0.303 e. The molecule has 1 fully saturated rings. The van der Waals surface area contributed by atoms with Crippen LogP contribution < -0.4 is 15.4 Å². The van der Waals surface area contributed by atoms with Gasteiger partial charge in [0.25, 0.3) is 0 Å². The summed E-state index contributed by atoms with van der Waals surface area (Å²) in [5, 5.41) is 17.1. The van der Waals surface area contributed by atoms with E-state index in [1.54, 1.807) is 7.11 Å². The van der Waals surface area contributed by atoms with Crippen molar-refractivity contribution < 1.29 is 14.6 Å². The molecule has 3 unspecified atom stereocenters. The van der Waals surface area contributed by atoms with Crippen molar-refractivity contribution in [2.75, 3.05) is 13.7 Å². The van der Waals surface area contributed by atoms with Gasteiger partial charge in [0.1, 0.15) is 5.75 Å². The van der Waals surface area contributed by atoms with Crippen LogP contribution in [0.2, 0.25) is 0 Å². The summed E-state index contributed by atoms with van der Waals surface area (Å²) in [5.41, 5.74) is 4.84. The number of hydrogen-bond donors (Lipinski definition) is 3. The molecule has 0 saturated carbocycles. The molecule has 1 heterocycles. The summed E-state index contributed by atoms with van der Waals surface area (Å²) in [7, 11) is 1.70. The van der Waals surface area contributed by atoms with Crippen LogP contribution in [-0.4, -0.2) is 36.8 Å². The molecule has 0 aromatic heterocycles. The Hall–Kier alpha value is -3.15. The van der Waals surface area contributed by atoms with E-state index in [0.29, 0.717) is 13.1 Å². The first-order chi connectivity index (χ1) is 17.1. The zero-order valence-electron chi connectivity index (χ0n) is 20.6. The Labute approximate surface area is 208 Å². The van der Waals surface area contributed by atoms with Gasteiger partial charge in [0.2, 0.25) is 0 Å². The Kier molecular flexibility index (Phi) is 8.56. The predicted molar refractivity (Wildman–Crippen MR) is 140 cm³/mol. The van der Waals surface area contributed by atoms with E-state index in [0.717, 1.165) is 24.2 Å². The highest BCUT2D eigenvalue weighted by atomic mass is 16.5. The van der Waals surface area contributed by atoms with Crippen LogP contribution >= 0.6 is 0 Å². The van der Waals surface area contributed by atoms with Crippen LogP contribution in [-0.2, 0) is 17.8 Å². The van der Waals surface area contributed by atoms with Crippen LogP contribution in [0.15, 0.2) is 78.9 Å². The van der Waals surface area contributed by atoms with Crippen LogP contribution in [0.3, 0.4) is 0 Å². The summed E-state index contributed by atoms with van der Waals surface area (Å²) in [5.74, 6) is 0.180. The predicted octanol–water partition coefficient (Wildman–Crippen LogP) is 5.00. The zero-order valence-corrected chi connectivity index (χ0v) is 20.6. The maximum absolute atomic E-state index is 11.7. The van der Waals surface area contributed by atoms with Crippen LogP contribution in [0.1, 0.15) is 47.9 Å². The number of aliphatic carboxylic acids is 1. The minimum Gasteiger partial charge on any atom is -0.496 e. The number of rotatable bonds is 11. The minimum absolute atomic E-state index is 0.0164. The Morgan fingerprint density at radius 3 is 2.29 bits per heavy atom. The third-order valence-corrected chi connectivity index (χ3v) is 7.04. The van der Waals surface area contributed by atoms with Gasteiger partial charge in [-0.15, -0.1) is 0 Å².